The van der Waals surface area contributed by atoms with E-state index >= 15 is 0 Å². The third-order valence-electron chi connectivity index (χ3n) is 3.35. The molecule has 1 N–H and O–H groups in total. The van der Waals surface area contributed by atoms with Crippen molar-refractivity contribution in [2.45, 2.75) is 32.4 Å². The molecule has 1 aromatic carbocycles. The quantitative estimate of drug-likeness (QED) is 0.910. The molecule has 21 heavy (non-hydrogen) atoms. The van der Waals surface area contributed by atoms with Gasteiger partial charge in [-0.1, -0.05) is 12.1 Å². The van der Waals surface area contributed by atoms with Gasteiger partial charge in [0.1, 0.15) is 11.4 Å². The number of ether oxygens (including phenoxy) is 2. The van der Waals surface area contributed by atoms with Crippen molar-refractivity contribution in [1.82, 2.24) is 10.2 Å². The number of rotatable bonds is 2. The molecule has 0 saturated carbocycles. The van der Waals surface area contributed by atoms with Crippen molar-refractivity contribution in [2.75, 3.05) is 26.7 Å². The van der Waals surface area contributed by atoms with Crippen LogP contribution in [0.25, 0.3) is 0 Å². The van der Waals surface area contributed by atoms with Gasteiger partial charge in [-0.15, -0.1) is 0 Å². The van der Waals surface area contributed by atoms with Gasteiger partial charge in [0.2, 0.25) is 0 Å². The minimum Gasteiger partial charge on any atom is -0.497 e. The van der Waals surface area contributed by atoms with Crippen LogP contribution in [0, 0.1) is 0 Å². The van der Waals surface area contributed by atoms with E-state index in [1.165, 1.54) is 0 Å². The Labute approximate surface area is 126 Å². The van der Waals surface area contributed by atoms with Gasteiger partial charge in [0, 0.05) is 19.6 Å². The predicted molar refractivity (Wildman–Crippen MR) is 81.5 cm³/mol. The van der Waals surface area contributed by atoms with Crippen molar-refractivity contribution in [1.29, 1.82) is 0 Å². The third kappa shape index (κ3) is 4.11. The number of nitrogens with one attached hydrogen (secondary N) is 1. The number of amides is 1. The number of benzene rings is 1. The van der Waals surface area contributed by atoms with Gasteiger partial charge < -0.3 is 14.8 Å². The van der Waals surface area contributed by atoms with Gasteiger partial charge in [-0.05, 0) is 38.5 Å². The van der Waals surface area contributed by atoms with Gasteiger partial charge in [0.25, 0.3) is 0 Å². The first kappa shape index (κ1) is 15.6. The lowest BCUT2D eigenvalue weighted by molar-refractivity contribution is 0.0118. The summed E-state index contributed by atoms with van der Waals surface area (Å²) in [6.45, 7) is 7.78. The molecular formula is C16H24N2O3. The first-order valence-electron chi connectivity index (χ1n) is 7.25. The molecule has 2 rings (SSSR count). The molecule has 5 heteroatoms. The molecule has 0 aromatic heterocycles. The largest absolute Gasteiger partial charge is 0.497 e. The molecule has 1 aliphatic rings. The average molecular weight is 292 g/mol. The molecule has 1 saturated heterocycles. The highest BCUT2D eigenvalue weighted by Gasteiger charge is 2.31. The van der Waals surface area contributed by atoms with E-state index in [1.54, 1.807) is 12.0 Å². The highest BCUT2D eigenvalue weighted by molar-refractivity contribution is 5.69. The molecule has 1 amide bonds. The summed E-state index contributed by atoms with van der Waals surface area (Å²) in [7, 11) is 1.64. The van der Waals surface area contributed by atoms with Crippen molar-refractivity contribution in [3.8, 4) is 5.75 Å². The normalized spacial score (nSPS) is 19.2. The molecule has 1 fully saturated rings. The van der Waals surface area contributed by atoms with Crippen LogP contribution in [0.15, 0.2) is 24.3 Å². The fourth-order valence-electron chi connectivity index (χ4n) is 2.39. The lowest BCUT2D eigenvalue weighted by atomic mass is 10.0. The molecule has 1 aromatic rings. The summed E-state index contributed by atoms with van der Waals surface area (Å²) in [6.07, 6.45) is -0.267. The number of hydrogen-bond acceptors (Lipinski definition) is 4. The second kappa shape index (κ2) is 6.35. The average Bonchev–Trinajstić information content (AvgIpc) is 2.45. The van der Waals surface area contributed by atoms with Crippen molar-refractivity contribution in [2.24, 2.45) is 0 Å². The first-order chi connectivity index (χ1) is 9.90. The summed E-state index contributed by atoms with van der Waals surface area (Å²) in [6, 6.07) is 7.78. The Morgan fingerprint density at radius 1 is 1.38 bits per heavy atom. The summed E-state index contributed by atoms with van der Waals surface area (Å²) < 4.78 is 10.8. The molecule has 1 heterocycles. The third-order valence-corrected chi connectivity index (χ3v) is 3.35. The first-order valence-corrected chi connectivity index (χ1v) is 7.25. The molecule has 1 unspecified atom stereocenters. The summed E-state index contributed by atoms with van der Waals surface area (Å²) >= 11 is 0. The monoisotopic (exact) mass is 292 g/mol. The second-order valence-electron chi connectivity index (χ2n) is 6.17. The van der Waals surface area contributed by atoms with E-state index in [-0.39, 0.29) is 12.1 Å². The van der Waals surface area contributed by atoms with Crippen molar-refractivity contribution >= 4 is 6.09 Å². The van der Waals surface area contributed by atoms with E-state index in [0.717, 1.165) is 17.9 Å². The molecule has 0 bridgehead atoms. The lowest BCUT2D eigenvalue weighted by Crippen LogP contribution is -2.50. The van der Waals surface area contributed by atoms with Gasteiger partial charge in [-0.2, -0.15) is 0 Å². The zero-order valence-corrected chi connectivity index (χ0v) is 13.2. The van der Waals surface area contributed by atoms with Crippen molar-refractivity contribution in [3.63, 3.8) is 0 Å². The number of methoxy groups -OCH3 is 1. The van der Waals surface area contributed by atoms with E-state index in [2.05, 4.69) is 5.32 Å². The van der Waals surface area contributed by atoms with Gasteiger partial charge in [-0.25, -0.2) is 4.79 Å². The van der Waals surface area contributed by atoms with Crippen LogP contribution in [-0.2, 0) is 4.74 Å². The SMILES string of the molecule is COc1cccc(C2CNCCN2C(=O)OC(C)(C)C)c1. The van der Waals surface area contributed by atoms with E-state index in [4.69, 9.17) is 9.47 Å². The van der Waals surface area contributed by atoms with Crippen LogP contribution in [-0.4, -0.2) is 43.3 Å². The van der Waals surface area contributed by atoms with Crippen LogP contribution < -0.4 is 10.1 Å². The van der Waals surface area contributed by atoms with E-state index in [0.29, 0.717) is 13.1 Å². The van der Waals surface area contributed by atoms with E-state index < -0.39 is 5.60 Å². The van der Waals surface area contributed by atoms with Crippen LogP contribution in [0.5, 0.6) is 5.75 Å². The smallest absolute Gasteiger partial charge is 0.410 e. The zero-order chi connectivity index (χ0) is 15.5. The predicted octanol–water partition coefficient (Wildman–Crippen LogP) is 2.58. The summed E-state index contributed by atoms with van der Waals surface area (Å²) in [5, 5.41) is 3.33. The fourth-order valence-corrected chi connectivity index (χ4v) is 2.39. The number of carbonyl (C=O) groups excluding carboxylic acids is 1. The Balaban J connectivity index is 2.20. The highest BCUT2D eigenvalue weighted by Crippen LogP contribution is 2.27. The van der Waals surface area contributed by atoms with Gasteiger partial charge in [0.15, 0.2) is 0 Å². The minimum absolute atomic E-state index is 0.0382. The molecule has 116 valence electrons. The lowest BCUT2D eigenvalue weighted by Gasteiger charge is -2.37. The molecule has 0 aliphatic carbocycles. The maximum atomic E-state index is 12.4. The number of piperazine rings is 1. The van der Waals surface area contributed by atoms with Crippen molar-refractivity contribution < 1.29 is 14.3 Å². The van der Waals surface area contributed by atoms with Crippen LogP contribution in [0.1, 0.15) is 32.4 Å². The Kier molecular flexibility index (Phi) is 4.73. The zero-order valence-electron chi connectivity index (χ0n) is 13.2. The number of nitrogens with zero attached hydrogens (tertiary/aromatic N) is 1. The maximum Gasteiger partial charge on any atom is 0.410 e. The molecular weight excluding hydrogens is 268 g/mol. The fraction of sp³-hybridized carbons (Fsp3) is 0.562. The summed E-state index contributed by atoms with van der Waals surface area (Å²) in [5.74, 6) is 0.794. The molecule has 0 spiro atoms. The van der Waals surface area contributed by atoms with E-state index in [9.17, 15) is 4.79 Å². The van der Waals surface area contributed by atoms with Gasteiger partial charge >= 0.3 is 6.09 Å². The summed E-state index contributed by atoms with van der Waals surface area (Å²) in [4.78, 5) is 14.2. The topological polar surface area (TPSA) is 50.8 Å². The van der Waals surface area contributed by atoms with Crippen LogP contribution in [0.2, 0.25) is 0 Å². The standard InChI is InChI=1S/C16H24N2O3/c1-16(2,3)21-15(19)18-9-8-17-11-14(18)12-6-5-7-13(10-12)20-4/h5-7,10,14,17H,8-9,11H2,1-4H3. The Hall–Kier alpha value is -1.75. The van der Waals surface area contributed by atoms with Crippen LogP contribution >= 0.6 is 0 Å². The molecule has 1 aliphatic heterocycles. The van der Waals surface area contributed by atoms with Gasteiger partial charge in [-0.3, -0.25) is 4.90 Å². The highest BCUT2D eigenvalue weighted by atomic mass is 16.6. The van der Waals surface area contributed by atoms with E-state index in [1.807, 2.05) is 45.0 Å². The van der Waals surface area contributed by atoms with Crippen molar-refractivity contribution in [3.05, 3.63) is 29.8 Å². The van der Waals surface area contributed by atoms with Crippen LogP contribution in [0.3, 0.4) is 0 Å². The maximum absolute atomic E-state index is 12.4. The Bertz CT molecular complexity index is 497. The minimum atomic E-state index is -0.485. The van der Waals surface area contributed by atoms with Crippen LogP contribution in [0.4, 0.5) is 4.79 Å². The van der Waals surface area contributed by atoms with Gasteiger partial charge in [0.05, 0.1) is 13.2 Å². The Morgan fingerprint density at radius 3 is 2.81 bits per heavy atom. The molecule has 5 nitrogen and oxygen atoms in total. The number of hydrogen-bond donors (Lipinski definition) is 1. The Morgan fingerprint density at radius 2 is 2.14 bits per heavy atom. The summed E-state index contributed by atoms with van der Waals surface area (Å²) in [5.41, 5.74) is 0.563. The molecule has 0 radical (unpaired) electrons. The second-order valence-corrected chi connectivity index (χ2v) is 6.17. The molecule has 1 atom stereocenters. The number of carbonyl (C=O) groups is 1.